The third-order valence-corrected chi connectivity index (χ3v) is 4.09. The van der Waals surface area contributed by atoms with Crippen LogP contribution in [-0.4, -0.2) is 10.8 Å². The number of halogens is 1. The van der Waals surface area contributed by atoms with Gasteiger partial charge in [-0.2, -0.15) is 0 Å². The summed E-state index contributed by atoms with van der Waals surface area (Å²) in [5.41, 5.74) is 2.33. The average molecular weight is 228 g/mol. The van der Waals surface area contributed by atoms with Crippen molar-refractivity contribution in [3.05, 3.63) is 33.0 Å². The third-order valence-electron chi connectivity index (χ3n) is 2.47. The third kappa shape index (κ3) is 1.37. The van der Waals surface area contributed by atoms with E-state index >= 15 is 0 Å². The maximum Gasteiger partial charge on any atom is 0.246 e. The minimum atomic E-state index is -0.0103. The van der Waals surface area contributed by atoms with E-state index in [-0.39, 0.29) is 5.91 Å². The van der Waals surface area contributed by atoms with Gasteiger partial charge in [0.2, 0.25) is 5.91 Å². The molecule has 0 spiro atoms. The van der Waals surface area contributed by atoms with E-state index in [4.69, 9.17) is 11.6 Å². The second kappa shape index (κ2) is 3.41. The summed E-state index contributed by atoms with van der Waals surface area (Å²) in [5.74, 6) is -0.0103. The molecule has 0 atom stereocenters. The largest absolute Gasteiger partial charge is 0.330 e. The number of amides is 1. The molecule has 0 saturated carbocycles. The predicted molar refractivity (Wildman–Crippen MR) is 58.5 cm³/mol. The van der Waals surface area contributed by atoms with E-state index in [9.17, 15) is 4.79 Å². The van der Waals surface area contributed by atoms with E-state index in [1.165, 1.54) is 16.5 Å². The number of hydrogen-bond donors (Lipinski definition) is 0. The van der Waals surface area contributed by atoms with Gasteiger partial charge in [0, 0.05) is 11.4 Å². The van der Waals surface area contributed by atoms with E-state index < -0.39 is 0 Å². The molecule has 4 heteroatoms. The van der Waals surface area contributed by atoms with Crippen molar-refractivity contribution in [2.24, 2.45) is 0 Å². The van der Waals surface area contributed by atoms with Gasteiger partial charge >= 0.3 is 0 Å². The van der Waals surface area contributed by atoms with Gasteiger partial charge in [0.05, 0.1) is 10.9 Å². The summed E-state index contributed by atoms with van der Waals surface area (Å²) in [7, 11) is 0. The fourth-order valence-electron chi connectivity index (χ4n) is 1.61. The lowest BCUT2D eigenvalue weighted by Gasteiger charge is -2.12. The second-order valence-electron chi connectivity index (χ2n) is 3.30. The molecule has 1 aliphatic rings. The van der Waals surface area contributed by atoms with Crippen molar-refractivity contribution in [2.45, 2.75) is 20.0 Å². The average Bonchev–Trinajstić information content (AvgIpc) is 2.68. The van der Waals surface area contributed by atoms with Crippen molar-refractivity contribution < 1.29 is 4.79 Å². The van der Waals surface area contributed by atoms with Crippen molar-refractivity contribution in [3.63, 3.8) is 0 Å². The number of fused-ring (bicyclic) bond motifs is 1. The van der Waals surface area contributed by atoms with E-state index in [1.807, 2.05) is 6.92 Å². The summed E-state index contributed by atoms with van der Waals surface area (Å²) >= 11 is 7.58. The van der Waals surface area contributed by atoms with Crippen molar-refractivity contribution in [2.75, 3.05) is 0 Å². The van der Waals surface area contributed by atoms with Gasteiger partial charge in [-0.3, -0.25) is 4.79 Å². The summed E-state index contributed by atoms with van der Waals surface area (Å²) in [6.45, 7) is 6.83. The molecule has 0 radical (unpaired) electrons. The van der Waals surface area contributed by atoms with Crippen LogP contribution in [0.25, 0.3) is 0 Å². The zero-order valence-electron chi connectivity index (χ0n) is 7.84. The number of hydrogen-bond acceptors (Lipinski definition) is 2. The number of carbonyl (C=O) groups is 1. The molecule has 0 bridgehead atoms. The maximum absolute atomic E-state index is 11.4. The summed E-state index contributed by atoms with van der Waals surface area (Å²) in [6.07, 6.45) is 1.35. The van der Waals surface area contributed by atoms with Crippen LogP contribution in [0.1, 0.15) is 16.0 Å². The Hall–Kier alpha value is -0.800. The van der Waals surface area contributed by atoms with Crippen LogP contribution in [0.3, 0.4) is 0 Å². The fourth-order valence-corrected chi connectivity index (χ4v) is 3.06. The molecule has 0 fully saturated rings. The van der Waals surface area contributed by atoms with Crippen LogP contribution in [0.4, 0.5) is 0 Å². The summed E-state index contributed by atoms with van der Waals surface area (Å²) in [5, 5.41) is 0. The van der Waals surface area contributed by atoms with Crippen LogP contribution in [0.2, 0.25) is 4.34 Å². The highest BCUT2D eigenvalue weighted by atomic mass is 35.5. The standard InChI is InChI=1S/C10H10ClNOS/c1-3-9(13)12-4-7-6(2)10(11)14-8(7)5-12/h3H,1,4-5H2,2H3. The van der Waals surface area contributed by atoms with Crippen molar-refractivity contribution in [1.29, 1.82) is 0 Å². The molecular weight excluding hydrogens is 218 g/mol. The first kappa shape index (κ1) is 9.74. The topological polar surface area (TPSA) is 20.3 Å². The van der Waals surface area contributed by atoms with Gasteiger partial charge in [-0.05, 0) is 24.1 Å². The Morgan fingerprint density at radius 3 is 2.93 bits per heavy atom. The molecule has 0 unspecified atom stereocenters. The van der Waals surface area contributed by atoms with E-state index in [0.29, 0.717) is 13.1 Å². The summed E-state index contributed by atoms with van der Waals surface area (Å²) in [6, 6.07) is 0. The molecule has 2 heterocycles. The molecule has 14 heavy (non-hydrogen) atoms. The van der Waals surface area contributed by atoms with Crippen molar-refractivity contribution in [1.82, 2.24) is 4.90 Å². The summed E-state index contributed by atoms with van der Waals surface area (Å²) < 4.78 is 0.848. The van der Waals surface area contributed by atoms with Gasteiger partial charge < -0.3 is 4.90 Å². The number of carbonyl (C=O) groups excluding carboxylic acids is 1. The monoisotopic (exact) mass is 227 g/mol. The van der Waals surface area contributed by atoms with Crippen LogP contribution in [-0.2, 0) is 17.9 Å². The lowest BCUT2D eigenvalue weighted by molar-refractivity contribution is -0.126. The molecule has 2 nitrogen and oxygen atoms in total. The Balaban J connectivity index is 2.27. The van der Waals surface area contributed by atoms with Crippen LogP contribution >= 0.6 is 22.9 Å². The first-order valence-corrected chi connectivity index (χ1v) is 5.51. The van der Waals surface area contributed by atoms with Crippen LogP contribution in [0.15, 0.2) is 12.7 Å². The number of nitrogens with zero attached hydrogens (tertiary/aromatic N) is 1. The highest BCUT2D eigenvalue weighted by Crippen LogP contribution is 2.37. The van der Waals surface area contributed by atoms with Crippen molar-refractivity contribution >= 4 is 28.8 Å². The fraction of sp³-hybridized carbons (Fsp3) is 0.300. The Morgan fingerprint density at radius 2 is 2.36 bits per heavy atom. The van der Waals surface area contributed by atoms with Gasteiger partial charge in [-0.25, -0.2) is 0 Å². The highest BCUT2D eigenvalue weighted by Gasteiger charge is 2.26. The molecule has 1 aromatic rings. The lowest BCUT2D eigenvalue weighted by atomic mass is 10.2. The van der Waals surface area contributed by atoms with Crippen molar-refractivity contribution in [3.8, 4) is 0 Å². The lowest BCUT2D eigenvalue weighted by Crippen LogP contribution is -2.22. The number of rotatable bonds is 1. The molecule has 0 N–H and O–H groups in total. The molecule has 1 aliphatic heterocycles. The van der Waals surface area contributed by atoms with E-state index in [0.717, 1.165) is 9.90 Å². The van der Waals surface area contributed by atoms with Gasteiger partial charge in [0.1, 0.15) is 0 Å². The Morgan fingerprint density at radius 1 is 1.64 bits per heavy atom. The zero-order chi connectivity index (χ0) is 10.3. The number of thiophene rings is 1. The van der Waals surface area contributed by atoms with E-state index in [1.54, 1.807) is 16.2 Å². The minimum Gasteiger partial charge on any atom is -0.330 e. The normalized spacial score (nSPS) is 14.3. The SMILES string of the molecule is C=CC(=O)N1Cc2sc(Cl)c(C)c2C1. The molecule has 0 aromatic carbocycles. The quantitative estimate of drug-likeness (QED) is 0.676. The Kier molecular flexibility index (Phi) is 2.37. The van der Waals surface area contributed by atoms with Crippen LogP contribution in [0, 0.1) is 6.92 Å². The Labute approximate surface area is 91.8 Å². The van der Waals surface area contributed by atoms with Gasteiger partial charge in [0.25, 0.3) is 0 Å². The van der Waals surface area contributed by atoms with E-state index in [2.05, 4.69) is 6.58 Å². The van der Waals surface area contributed by atoms with Gasteiger partial charge in [0.15, 0.2) is 0 Å². The molecule has 2 rings (SSSR count). The van der Waals surface area contributed by atoms with Gasteiger partial charge in [-0.1, -0.05) is 18.2 Å². The maximum atomic E-state index is 11.4. The van der Waals surface area contributed by atoms with Gasteiger partial charge in [-0.15, -0.1) is 11.3 Å². The first-order chi connectivity index (χ1) is 6.63. The summed E-state index contributed by atoms with van der Waals surface area (Å²) in [4.78, 5) is 14.3. The second-order valence-corrected chi connectivity index (χ2v) is 5.01. The minimum absolute atomic E-state index is 0.0103. The smallest absolute Gasteiger partial charge is 0.246 e. The Bertz CT molecular complexity index is 410. The first-order valence-electron chi connectivity index (χ1n) is 4.31. The molecular formula is C10H10ClNOS. The zero-order valence-corrected chi connectivity index (χ0v) is 9.41. The highest BCUT2D eigenvalue weighted by molar-refractivity contribution is 7.16. The molecule has 1 amide bonds. The van der Waals surface area contributed by atoms with Crippen LogP contribution in [0.5, 0.6) is 0 Å². The molecule has 0 saturated heterocycles. The van der Waals surface area contributed by atoms with Crippen LogP contribution < -0.4 is 0 Å². The molecule has 0 aliphatic carbocycles. The molecule has 1 aromatic heterocycles. The molecule has 74 valence electrons. The predicted octanol–water partition coefficient (Wildman–Crippen LogP) is 2.74.